The van der Waals surface area contributed by atoms with Crippen molar-refractivity contribution in [2.75, 3.05) is 23.7 Å². The van der Waals surface area contributed by atoms with Crippen molar-refractivity contribution < 1.29 is 4.79 Å². The van der Waals surface area contributed by atoms with Crippen LogP contribution in [0.15, 0.2) is 60.8 Å². The topological polar surface area (TPSA) is 97.0 Å². The monoisotopic (exact) mass is 360 g/mol. The molecular weight excluding hydrogens is 340 g/mol. The summed E-state index contributed by atoms with van der Waals surface area (Å²) in [7, 11) is 0. The van der Waals surface area contributed by atoms with E-state index in [1.165, 1.54) is 0 Å². The number of nitrogens with two attached hydrogens (primary N) is 1. The molecule has 27 heavy (non-hydrogen) atoms. The quantitative estimate of drug-likeness (QED) is 0.740. The zero-order chi connectivity index (χ0) is 18.6. The SMILES string of the molecule is Nc1cccc(C(=O)NC2CCN(c3nccc(-c4ccccc4)n3)C2)n1. The first-order chi connectivity index (χ1) is 13.2. The molecule has 1 fully saturated rings. The van der Waals surface area contributed by atoms with Crippen molar-refractivity contribution in [3.05, 3.63) is 66.5 Å². The van der Waals surface area contributed by atoms with E-state index in [0.29, 0.717) is 24.0 Å². The number of pyridine rings is 1. The lowest BCUT2D eigenvalue weighted by atomic mass is 10.1. The zero-order valence-corrected chi connectivity index (χ0v) is 14.7. The fourth-order valence-corrected chi connectivity index (χ4v) is 3.17. The maximum atomic E-state index is 12.4. The second-order valence-corrected chi connectivity index (χ2v) is 6.46. The molecule has 1 aliphatic rings. The molecule has 7 nitrogen and oxygen atoms in total. The van der Waals surface area contributed by atoms with Crippen LogP contribution < -0.4 is 16.0 Å². The van der Waals surface area contributed by atoms with Crippen LogP contribution in [0.2, 0.25) is 0 Å². The van der Waals surface area contributed by atoms with E-state index >= 15 is 0 Å². The summed E-state index contributed by atoms with van der Waals surface area (Å²) in [6.45, 7) is 1.44. The summed E-state index contributed by atoms with van der Waals surface area (Å²) in [6.07, 6.45) is 2.60. The zero-order valence-electron chi connectivity index (χ0n) is 14.7. The number of hydrogen-bond donors (Lipinski definition) is 2. The highest BCUT2D eigenvalue weighted by molar-refractivity contribution is 5.92. The normalized spacial score (nSPS) is 16.3. The number of carbonyl (C=O) groups is 1. The van der Waals surface area contributed by atoms with Gasteiger partial charge in [0.05, 0.1) is 5.69 Å². The smallest absolute Gasteiger partial charge is 0.270 e. The van der Waals surface area contributed by atoms with Gasteiger partial charge in [0.1, 0.15) is 11.5 Å². The molecule has 1 atom stereocenters. The minimum atomic E-state index is -0.215. The van der Waals surface area contributed by atoms with Crippen molar-refractivity contribution in [3.63, 3.8) is 0 Å². The number of nitrogens with one attached hydrogen (secondary N) is 1. The molecule has 0 saturated carbocycles. The van der Waals surface area contributed by atoms with Crippen LogP contribution in [0.3, 0.4) is 0 Å². The van der Waals surface area contributed by atoms with E-state index < -0.39 is 0 Å². The van der Waals surface area contributed by atoms with Crippen molar-refractivity contribution >= 4 is 17.7 Å². The molecule has 1 saturated heterocycles. The third-order valence-corrected chi connectivity index (χ3v) is 4.52. The van der Waals surface area contributed by atoms with Crippen LogP contribution in [0.1, 0.15) is 16.9 Å². The summed E-state index contributed by atoms with van der Waals surface area (Å²) >= 11 is 0. The number of nitrogen functional groups attached to an aromatic ring is 1. The third kappa shape index (κ3) is 3.87. The first-order valence-electron chi connectivity index (χ1n) is 8.86. The number of amides is 1. The van der Waals surface area contributed by atoms with Crippen molar-refractivity contribution in [3.8, 4) is 11.3 Å². The van der Waals surface area contributed by atoms with Crippen molar-refractivity contribution in [2.24, 2.45) is 0 Å². The van der Waals surface area contributed by atoms with Crippen molar-refractivity contribution in [1.29, 1.82) is 0 Å². The molecule has 4 rings (SSSR count). The van der Waals surface area contributed by atoms with E-state index in [9.17, 15) is 4.79 Å². The van der Waals surface area contributed by atoms with Crippen LogP contribution in [-0.4, -0.2) is 40.0 Å². The first-order valence-corrected chi connectivity index (χ1v) is 8.86. The highest BCUT2D eigenvalue weighted by atomic mass is 16.2. The molecule has 1 amide bonds. The molecule has 0 spiro atoms. The Labute approximate surface area is 157 Å². The lowest BCUT2D eigenvalue weighted by Gasteiger charge is -2.17. The van der Waals surface area contributed by atoms with Gasteiger partial charge in [-0.25, -0.2) is 15.0 Å². The highest BCUT2D eigenvalue weighted by Crippen LogP contribution is 2.21. The van der Waals surface area contributed by atoms with Crippen LogP contribution in [-0.2, 0) is 0 Å². The lowest BCUT2D eigenvalue weighted by molar-refractivity contribution is 0.0935. The summed E-state index contributed by atoms with van der Waals surface area (Å²) in [6, 6.07) is 17.0. The third-order valence-electron chi connectivity index (χ3n) is 4.52. The molecule has 7 heteroatoms. The second-order valence-electron chi connectivity index (χ2n) is 6.46. The Balaban J connectivity index is 1.43. The molecule has 3 heterocycles. The summed E-state index contributed by atoms with van der Waals surface area (Å²) in [5.41, 5.74) is 7.92. The first kappa shape index (κ1) is 17.0. The van der Waals surface area contributed by atoms with E-state index in [1.54, 1.807) is 24.4 Å². The van der Waals surface area contributed by atoms with Crippen LogP contribution in [0.25, 0.3) is 11.3 Å². The Hall–Kier alpha value is -3.48. The van der Waals surface area contributed by atoms with Crippen molar-refractivity contribution in [2.45, 2.75) is 12.5 Å². The molecule has 3 aromatic rings. The van der Waals surface area contributed by atoms with Gasteiger partial charge < -0.3 is 16.0 Å². The van der Waals surface area contributed by atoms with E-state index in [4.69, 9.17) is 5.73 Å². The molecule has 0 aliphatic carbocycles. The summed E-state index contributed by atoms with van der Waals surface area (Å²) in [4.78, 5) is 27.6. The van der Waals surface area contributed by atoms with Gasteiger partial charge in [-0.15, -0.1) is 0 Å². The minimum absolute atomic E-state index is 0.0183. The van der Waals surface area contributed by atoms with Gasteiger partial charge in [-0.2, -0.15) is 0 Å². The van der Waals surface area contributed by atoms with Gasteiger partial charge in [-0.3, -0.25) is 4.79 Å². The number of benzene rings is 1. The van der Waals surface area contributed by atoms with Gasteiger partial charge in [-0.1, -0.05) is 36.4 Å². The largest absolute Gasteiger partial charge is 0.384 e. The molecule has 3 N–H and O–H groups in total. The molecule has 0 radical (unpaired) electrons. The fraction of sp³-hybridized carbons (Fsp3) is 0.200. The Bertz CT molecular complexity index is 946. The number of carbonyl (C=O) groups excluding carboxylic acids is 1. The van der Waals surface area contributed by atoms with Crippen LogP contribution in [0.5, 0.6) is 0 Å². The number of anilines is 2. The highest BCUT2D eigenvalue weighted by Gasteiger charge is 2.26. The Morgan fingerprint density at radius 3 is 2.74 bits per heavy atom. The van der Waals surface area contributed by atoms with Gasteiger partial charge in [-0.05, 0) is 24.6 Å². The predicted molar refractivity (Wildman–Crippen MR) is 104 cm³/mol. The van der Waals surface area contributed by atoms with Gasteiger partial charge in [0.2, 0.25) is 5.95 Å². The van der Waals surface area contributed by atoms with E-state index in [1.807, 2.05) is 36.4 Å². The standard InChI is InChI=1S/C20H20N6O/c21-18-8-4-7-17(24-18)19(27)23-15-10-12-26(13-15)20-22-11-9-16(25-20)14-5-2-1-3-6-14/h1-9,11,15H,10,12-13H2,(H2,21,24)(H,23,27). The van der Waals surface area contributed by atoms with Gasteiger partial charge >= 0.3 is 0 Å². The van der Waals surface area contributed by atoms with Gasteiger partial charge in [0.15, 0.2) is 0 Å². The number of hydrogen-bond acceptors (Lipinski definition) is 6. The summed E-state index contributed by atoms with van der Waals surface area (Å²) in [5, 5.41) is 3.01. The maximum Gasteiger partial charge on any atom is 0.270 e. The molecule has 136 valence electrons. The second kappa shape index (κ2) is 7.41. The summed E-state index contributed by atoms with van der Waals surface area (Å²) in [5.74, 6) is 0.796. The molecule has 1 unspecified atom stereocenters. The van der Waals surface area contributed by atoms with Crippen LogP contribution >= 0.6 is 0 Å². The molecule has 2 aromatic heterocycles. The maximum absolute atomic E-state index is 12.4. The summed E-state index contributed by atoms with van der Waals surface area (Å²) < 4.78 is 0. The average Bonchev–Trinajstić information content (AvgIpc) is 3.17. The van der Waals surface area contributed by atoms with Gasteiger partial charge in [0.25, 0.3) is 5.91 Å². The molecule has 1 aromatic carbocycles. The number of rotatable bonds is 4. The van der Waals surface area contributed by atoms with E-state index in [0.717, 1.165) is 24.2 Å². The van der Waals surface area contributed by atoms with Crippen LogP contribution in [0.4, 0.5) is 11.8 Å². The predicted octanol–water partition coefficient (Wildman–Crippen LogP) is 2.13. The number of aromatic nitrogens is 3. The van der Waals surface area contributed by atoms with E-state index in [2.05, 4.69) is 25.2 Å². The van der Waals surface area contributed by atoms with E-state index in [-0.39, 0.29) is 11.9 Å². The molecule has 0 bridgehead atoms. The number of nitrogens with zero attached hydrogens (tertiary/aromatic N) is 4. The lowest BCUT2D eigenvalue weighted by Crippen LogP contribution is -2.37. The Morgan fingerprint density at radius 1 is 1.07 bits per heavy atom. The molecular formula is C20H20N6O. The fourth-order valence-electron chi connectivity index (χ4n) is 3.17. The minimum Gasteiger partial charge on any atom is -0.384 e. The van der Waals surface area contributed by atoms with Gasteiger partial charge in [0, 0.05) is 30.9 Å². The average molecular weight is 360 g/mol. The Morgan fingerprint density at radius 2 is 1.93 bits per heavy atom. The van der Waals surface area contributed by atoms with Crippen molar-refractivity contribution in [1.82, 2.24) is 20.3 Å². The Kier molecular flexibility index (Phi) is 4.65. The molecule has 1 aliphatic heterocycles. The van der Waals surface area contributed by atoms with Crippen LogP contribution in [0, 0.1) is 0 Å².